The van der Waals surface area contributed by atoms with E-state index in [0.29, 0.717) is 18.8 Å². The summed E-state index contributed by atoms with van der Waals surface area (Å²) in [7, 11) is -3.60. The molecule has 1 saturated heterocycles. The van der Waals surface area contributed by atoms with E-state index in [2.05, 4.69) is 22.3 Å². The molecule has 31 heavy (non-hydrogen) atoms. The van der Waals surface area contributed by atoms with Crippen LogP contribution >= 0.6 is 0 Å². The second kappa shape index (κ2) is 8.98. The normalized spacial score (nSPS) is 22.1. The van der Waals surface area contributed by atoms with Crippen LogP contribution in [0.4, 0.5) is 11.4 Å². The Kier molecular flexibility index (Phi) is 6.31. The Morgan fingerprint density at radius 3 is 2.45 bits per heavy atom. The maximum atomic E-state index is 13.0. The fourth-order valence-corrected chi connectivity index (χ4v) is 5.93. The van der Waals surface area contributed by atoms with Gasteiger partial charge in [-0.05, 0) is 62.6 Å². The highest BCUT2D eigenvalue weighted by atomic mass is 32.2. The second-order valence-corrected chi connectivity index (χ2v) is 10.2. The zero-order valence-corrected chi connectivity index (χ0v) is 18.8. The van der Waals surface area contributed by atoms with Crippen LogP contribution in [0, 0.1) is 0 Å². The molecule has 2 atom stereocenters. The van der Waals surface area contributed by atoms with Crippen molar-refractivity contribution in [3.8, 4) is 0 Å². The first-order valence-corrected chi connectivity index (χ1v) is 12.2. The van der Waals surface area contributed by atoms with Gasteiger partial charge in [-0.2, -0.15) is 4.31 Å². The zero-order valence-electron chi connectivity index (χ0n) is 18.0. The van der Waals surface area contributed by atoms with Crippen LogP contribution < -0.4 is 10.2 Å². The number of nitrogens with one attached hydrogen (secondary N) is 1. The summed E-state index contributed by atoms with van der Waals surface area (Å²) in [5.41, 5.74) is 2.96. The first kappa shape index (κ1) is 21.8. The number of carbonyl (C=O) groups is 1. The van der Waals surface area contributed by atoms with Gasteiger partial charge in [-0.15, -0.1) is 0 Å². The lowest BCUT2D eigenvalue weighted by atomic mass is 10.0. The topological polar surface area (TPSA) is 79.0 Å². The lowest BCUT2D eigenvalue weighted by molar-refractivity contribution is -0.115. The molecule has 2 aromatic carbocycles. The molecule has 2 unspecified atom stereocenters. The second-order valence-electron chi connectivity index (χ2n) is 8.31. The Morgan fingerprint density at radius 1 is 1.06 bits per heavy atom. The Hall–Kier alpha value is -2.42. The number of aryl methyl sites for hydroxylation is 1. The molecular formula is C23H29N3O4S. The fourth-order valence-electron chi connectivity index (χ4n) is 4.34. The molecular weight excluding hydrogens is 414 g/mol. The molecule has 4 rings (SSSR count). The number of benzene rings is 2. The van der Waals surface area contributed by atoms with E-state index in [1.54, 1.807) is 24.3 Å². The first-order valence-electron chi connectivity index (χ1n) is 10.7. The highest BCUT2D eigenvalue weighted by Gasteiger charge is 2.32. The summed E-state index contributed by atoms with van der Waals surface area (Å²) in [5.74, 6) is -0.122. The van der Waals surface area contributed by atoms with Gasteiger partial charge in [0.25, 0.3) is 0 Å². The Labute approximate surface area is 184 Å². The molecule has 0 saturated carbocycles. The highest BCUT2D eigenvalue weighted by molar-refractivity contribution is 7.89. The van der Waals surface area contributed by atoms with Gasteiger partial charge in [0, 0.05) is 31.0 Å². The van der Waals surface area contributed by atoms with E-state index in [4.69, 9.17) is 4.74 Å². The van der Waals surface area contributed by atoms with E-state index in [-0.39, 0.29) is 29.6 Å². The predicted octanol–water partition coefficient (Wildman–Crippen LogP) is 2.88. The number of para-hydroxylation sites is 1. The number of carbonyl (C=O) groups excluding carboxylic acids is 1. The summed E-state index contributed by atoms with van der Waals surface area (Å²) in [5, 5.41) is 2.88. The minimum absolute atomic E-state index is 0.122. The van der Waals surface area contributed by atoms with Gasteiger partial charge in [-0.3, -0.25) is 4.79 Å². The third-order valence-corrected chi connectivity index (χ3v) is 7.55. The average molecular weight is 444 g/mol. The van der Waals surface area contributed by atoms with E-state index in [1.165, 1.54) is 9.87 Å². The van der Waals surface area contributed by atoms with Gasteiger partial charge in [0.05, 0.1) is 23.6 Å². The van der Waals surface area contributed by atoms with Crippen molar-refractivity contribution in [1.82, 2.24) is 4.31 Å². The van der Waals surface area contributed by atoms with Crippen molar-refractivity contribution in [1.29, 1.82) is 0 Å². The molecule has 2 aliphatic rings. The molecule has 2 aliphatic heterocycles. The Bertz CT molecular complexity index is 1030. The maximum absolute atomic E-state index is 13.0. The fraction of sp³-hybridized carbons (Fsp3) is 0.435. The van der Waals surface area contributed by atoms with Crippen LogP contribution in [0.15, 0.2) is 53.4 Å². The molecule has 1 fully saturated rings. The molecule has 0 bridgehead atoms. The van der Waals surface area contributed by atoms with Crippen molar-refractivity contribution >= 4 is 27.3 Å². The highest BCUT2D eigenvalue weighted by Crippen LogP contribution is 2.27. The SMILES string of the molecule is CC1CN(S(=O)(=O)c2ccc(NC(=O)CN3CCCc4ccccc43)cc2)CC(C)O1. The minimum Gasteiger partial charge on any atom is -0.373 e. The molecule has 0 radical (unpaired) electrons. The average Bonchev–Trinajstić information content (AvgIpc) is 2.74. The van der Waals surface area contributed by atoms with Crippen LogP contribution in [-0.2, 0) is 26.0 Å². The Morgan fingerprint density at radius 2 is 1.74 bits per heavy atom. The van der Waals surface area contributed by atoms with Crippen molar-refractivity contribution in [2.45, 2.75) is 43.8 Å². The van der Waals surface area contributed by atoms with E-state index < -0.39 is 10.0 Å². The smallest absolute Gasteiger partial charge is 0.243 e. The number of anilines is 2. The van der Waals surface area contributed by atoms with E-state index in [9.17, 15) is 13.2 Å². The molecule has 8 heteroatoms. The molecule has 2 heterocycles. The molecule has 2 aromatic rings. The van der Waals surface area contributed by atoms with Gasteiger partial charge < -0.3 is 15.0 Å². The van der Waals surface area contributed by atoms with Crippen molar-refractivity contribution < 1.29 is 17.9 Å². The molecule has 0 spiro atoms. The van der Waals surface area contributed by atoms with Gasteiger partial charge in [-0.1, -0.05) is 18.2 Å². The molecule has 1 N–H and O–H groups in total. The third kappa shape index (κ3) is 4.92. The van der Waals surface area contributed by atoms with Crippen LogP contribution in [0.1, 0.15) is 25.8 Å². The summed E-state index contributed by atoms with van der Waals surface area (Å²) < 4.78 is 33.0. The number of hydrogen-bond acceptors (Lipinski definition) is 5. The quantitative estimate of drug-likeness (QED) is 0.769. The van der Waals surface area contributed by atoms with Crippen LogP contribution in [0.3, 0.4) is 0 Å². The molecule has 7 nitrogen and oxygen atoms in total. The Balaban J connectivity index is 1.40. The van der Waals surface area contributed by atoms with E-state index in [0.717, 1.165) is 25.1 Å². The molecule has 166 valence electrons. The van der Waals surface area contributed by atoms with Gasteiger partial charge >= 0.3 is 0 Å². The number of ether oxygens (including phenoxy) is 1. The number of rotatable bonds is 5. The number of hydrogen-bond donors (Lipinski definition) is 1. The van der Waals surface area contributed by atoms with Gasteiger partial charge in [0.2, 0.25) is 15.9 Å². The summed E-state index contributed by atoms with van der Waals surface area (Å²) in [6.07, 6.45) is 1.77. The van der Waals surface area contributed by atoms with Crippen LogP contribution in [0.2, 0.25) is 0 Å². The van der Waals surface area contributed by atoms with Crippen LogP contribution in [0.5, 0.6) is 0 Å². The van der Waals surface area contributed by atoms with Crippen LogP contribution in [-0.4, -0.2) is 57.0 Å². The van der Waals surface area contributed by atoms with Crippen molar-refractivity contribution in [2.75, 3.05) is 36.4 Å². The minimum atomic E-state index is -3.60. The third-order valence-electron chi connectivity index (χ3n) is 5.70. The molecule has 1 amide bonds. The summed E-state index contributed by atoms with van der Waals surface area (Å²) in [4.78, 5) is 14.9. The predicted molar refractivity (Wildman–Crippen MR) is 121 cm³/mol. The summed E-state index contributed by atoms with van der Waals surface area (Å²) >= 11 is 0. The summed E-state index contributed by atoms with van der Waals surface area (Å²) in [6, 6.07) is 14.5. The lowest BCUT2D eigenvalue weighted by Gasteiger charge is -2.34. The molecule has 0 aromatic heterocycles. The van der Waals surface area contributed by atoms with Crippen molar-refractivity contribution in [2.24, 2.45) is 0 Å². The largest absolute Gasteiger partial charge is 0.373 e. The first-order chi connectivity index (χ1) is 14.8. The van der Waals surface area contributed by atoms with Crippen molar-refractivity contribution in [3.63, 3.8) is 0 Å². The summed E-state index contributed by atoms with van der Waals surface area (Å²) in [6.45, 7) is 5.53. The van der Waals surface area contributed by atoms with Crippen molar-refractivity contribution in [3.05, 3.63) is 54.1 Å². The number of fused-ring (bicyclic) bond motifs is 1. The zero-order chi connectivity index (χ0) is 22.0. The number of sulfonamides is 1. The van der Waals surface area contributed by atoms with E-state index >= 15 is 0 Å². The molecule has 0 aliphatic carbocycles. The van der Waals surface area contributed by atoms with Gasteiger partial charge in [0.15, 0.2) is 0 Å². The monoisotopic (exact) mass is 443 g/mol. The number of nitrogens with zero attached hydrogens (tertiary/aromatic N) is 2. The number of amides is 1. The van der Waals surface area contributed by atoms with Gasteiger partial charge in [0.1, 0.15) is 0 Å². The standard InChI is InChI=1S/C23H29N3O4S/c1-17-14-26(15-18(2)30-17)31(28,29)21-11-9-20(10-12-21)24-23(27)16-25-13-5-7-19-6-3-4-8-22(19)25/h3-4,6,8-12,17-18H,5,7,13-16H2,1-2H3,(H,24,27). The maximum Gasteiger partial charge on any atom is 0.243 e. The van der Waals surface area contributed by atoms with Crippen LogP contribution in [0.25, 0.3) is 0 Å². The lowest BCUT2D eigenvalue weighted by Crippen LogP contribution is -2.48. The van der Waals surface area contributed by atoms with E-state index in [1.807, 2.05) is 26.0 Å². The number of morpholine rings is 1. The van der Waals surface area contributed by atoms with Gasteiger partial charge in [-0.25, -0.2) is 8.42 Å².